The van der Waals surface area contributed by atoms with Gasteiger partial charge in [-0.3, -0.25) is 5.10 Å². The van der Waals surface area contributed by atoms with E-state index in [-0.39, 0.29) is 0 Å². The Morgan fingerprint density at radius 3 is 3.22 bits per heavy atom. The summed E-state index contributed by atoms with van der Waals surface area (Å²) in [6, 6.07) is 0. The van der Waals surface area contributed by atoms with Crippen LogP contribution >= 0.6 is 24.4 Å². The van der Waals surface area contributed by atoms with Crippen molar-refractivity contribution in [1.29, 1.82) is 0 Å². The third-order valence-electron chi connectivity index (χ3n) is 0.723. The largest absolute Gasteiger partial charge is 0.254 e. The third-order valence-corrected chi connectivity index (χ3v) is 2.13. The summed E-state index contributed by atoms with van der Waals surface area (Å²) in [6.45, 7) is 0. The molecule has 0 aliphatic rings. The molecule has 3 nitrogen and oxygen atoms in total. The molecule has 1 N–H and O–H groups in total. The molecule has 0 aliphatic heterocycles. The standard InChI is InChI=1S/C4H7N3S2/c8-1-2-9-4-5-3-6-7-4/h3,8H,1-2H2,(H,5,6,7). The molecule has 0 radical (unpaired) electrons. The summed E-state index contributed by atoms with van der Waals surface area (Å²) in [6.07, 6.45) is 1.50. The van der Waals surface area contributed by atoms with Crippen LogP contribution in [0.4, 0.5) is 0 Å². The van der Waals surface area contributed by atoms with E-state index in [0.717, 1.165) is 16.7 Å². The van der Waals surface area contributed by atoms with E-state index in [4.69, 9.17) is 0 Å². The highest BCUT2D eigenvalue weighted by molar-refractivity contribution is 7.99. The van der Waals surface area contributed by atoms with E-state index in [9.17, 15) is 0 Å². The van der Waals surface area contributed by atoms with Gasteiger partial charge in [0.25, 0.3) is 0 Å². The fraction of sp³-hybridized carbons (Fsp3) is 0.500. The van der Waals surface area contributed by atoms with Crippen molar-refractivity contribution in [3.8, 4) is 0 Å². The number of hydrogen-bond donors (Lipinski definition) is 2. The van der Waals surface area contributed by atoms with Crippen LogP contribution < -0.4 is 0 Å². The number of thioether (sulfide) groups is 1. The van der Waals surface area contributed by atoms with E-state index in [0.29, 0.717) is 0 Å². The molecule has 0 aliphatic carbocycles. The molecule has 50 valence electrons. The average Bonchev–Trinajstić information content (AvgIpc) is 2.34. The molecule has 0 unspecified atom stereocenters. The fourth-order valence-electron chi connectivity index (χ4n) is 0.406. The molecule has 0 saturated carbocycles. The van der Waals surface area contributed by atoms with Crippen LogP contribution in [0.2, 0.25) is 0 Å². The maximum atomic E-state index is 4.05. The molecule has 0 saturated heterocycles. The maximum absolute atomic E-state index is 4.05. The Hall–Kier alpha value is -0.160. The van der Waals surface area contributed by atoms with E-state index in [1.165, 1.54) is 6.33 Å². The first-order chi connectivity index (χ1) is 4.43. The van der Waals surface area contributed by atoms with Crippen LogP contribution in [0.5, 0.6) is 0 Å². The molecular weight excluding hydrogens is 154 g/mol. The molecule has 5 heteroatoms. The number of thiol groups is 1. The molecule has 0 amide bonds. The number of hydrogen-bond acceptors (Lipinski definition) is 4. The number of nitrogens with zero attached hydrogens (tertiary/aromatic N) is 2. The van der Waals surface area contributed by atoms with Crippen LogP contribution in [0.1, 0.15) is 0 Å². The Labute approximate surface area is 63.1 Å². The molecule has 0 atom stereocenters. The van der Waals surface area contributed by atoms with Crippen molar-refractivity contribution in [3.05, 3.63) is 6.33 Å². The van der Waals surface area contributed by atoms with E-state index in [2.05, 4.69) is 27.8 Å². The highest BCUT2D eigenvalue weighted by atomic mass is 32.2. The minimum absolute atomic E-state index is 0.865. The lowest BCUT2D eigenvalue weighted by Crippen LogP contribution is -1.80. The van der Waals surface area contributed by atoms with Crippen LogP contribution in [-0.4, -0.2) is 26.7 Å². The molecule has 1 aromatic heterocycles. The highest BCUT2D eigenvalue weighted by Crippen LogP contribution is 2.09. The van der Waals surface area contributed by atoms with Gasteiger partial charge in [0.15, 0.2) is 5.16 Å². The van der Waals surface area contributed by atoms with Crippen molar-refractivity contribution >= 4 is 24.4 Å². The highest BCUT2D eigenvalue weighted by Gasteiger charge is 1.92. The van der Waals surface area contributed by atoms with E-state index in [1.807, 2.05) is 0 Å². The van der Waals surface area contributed by atoms with Gasteiger partial charge in [-0.1, -0.05) is 11.8 Å². The summed E-state index contributed by atoms with van der Waals surface area (Å²) in [4.78, 5) is 3.92. The normalized spacial score (nSPS) is 9.89. The summed E-state index contributed by atoms with van der Waals surface area (Å²) in [7, 11) is 0. The zero-order valence-corrected chi connectivity index (χ0v) is 6.45. The molecule has 9 heavy (non-hydrogen) atoms. The summed E-state index contributed by atoms with van der Waals surface area (Å²) < 4.78 is 0. The number of aromatic amines is 1. The lowest BCUT2D eigenvalue weighted by molar-refractivity contribution is 0.974. The van der Waals surface area contributed by atoms with Crippen molar-refractivity contribution in [1.82, 2.24) is 15.2 Å². The molecule has 1 rings (SSSR count). The zero-order chi connectivity index (χ0) is 6.53. The molecule has 0 bridgehead atoms. The lowest BCUT2D eigenvalue weighted by Gasteiger charge is -1.88. The lowest BCUT2D eigenvalue weighted by atomic mass is 11.0. The molecule has 1 aromatic rings. The van der Waals surface area contributed by atoms with Gasteiger partial charge in [-0.2, -0.15) is 17.7 Å². The van der Waals surface area contributed by atoms with Crippen molar-refractivity contribution in [2.45, 2.75) is 5.16 Å². The van der Waals surface area contributed by atoms with E-state index >= 15 is 0 Å². The third kappa shape index (κ3) is 2.28. The second kappa shape index (κ2) is 3.79. The topological polar surface area (TPSA) is 41.6 Å². The number of H-pyrrole nitrogens is 1. The van der Waals surface area contributed by atoms with E-state index < -0.39 is 0 Å². The predicted octanol–water partition coefficient (Wildman–Crippen LogP) is 0.827. The summed E-state index contributed by atoms with van der Waals surface area (Å²) in [5.74, 6) is 1.84. The van der Waals surface area contributed by atoms with Crippen LogP contribution in [0.25, 0.3) is 0 Å². The van der Waals surface area contributed by atoms with Crippen LogP contribution in [0, 0.1) is 0 Å². The SMILES string of the molecule is SCCSc1ncn[nH]1. The number of nitrogens with one attached hydrogen (secondary N) is 1. The van der Waals surface area contributed by atoms with Crippen molar-refractivity contribution in [2.75, 3.05) is 11.5 Å². The van der Waals surface area contributed by atoms with Gasteiger partial charge in [0.1, 0.15) is 6.33 Å². The van der Waals surface area contributed by atoms with Gasteiger partial charge in [-0.15, -0.1) is 0 Å². The first-order valence-electron chi connectivity index (χ1n) is 2.52. The van der Waals surface area contributed by atoms with Gasteiger partial charge in [-0.25, -0.2) is 4.98 Å². The quantitative estimate of drug-likeness (QED) is 0.509. The molecule has 0 aromatic carbocycles. The Kier molecular flexibility index (Phi) is 2.93. The molecule has 0 fully saturated rings. The molecule has 1 heterocycles. The minimum Gasteiger partial charge on any atom is -0.254 e. The maximum Gasteiger partial charge on any atom is 0.183 e. The first-order valence-corrected chi connectivity index (χ1v) is 4.14. The van der Waals surface area contributed by atoms with Crippen molar-refractivity contribution < 1.29 is 0 Å². The van der Waals surface area contributed by atoms with Crippen molar-refractivity contribution in [2.24, 2.45) is 0 Å². The van der Waals surface area contributed by atoms with Crippen molar-refractivity contribution in [3.63, 3.8) is 0 Å². The Bertz CT molecular complexity index is 151. The van der Waals surface area contributed by atoms with Gasteiger partial charge >= 0.3 is 0 Å². The summed E-state index contributed by atoms with van der Waals surface area (Å²) >= 11 is 5.67. The summed E-state index contributed by atoms with van der Waals surface area (Å²) in [5, 5.41) is 7.30. The van der Waals surface area contributed by atoms with Gasteiger partial charge in [0.2, 0.25) is 0 Å². The van der Waals surface area contributed by atoms with Gasteiger partial charge in [0, 0.05) is 5.75 Å². The number of rotatable bonds is 3. The Balaban J connectivity index is 2.30. The summed E-state index contributed by atoms with van der Waals surface area (Å²) in [5.41, 5.74) is 0. The first kappa shape index (κ1) is 6.95. The fourth-order valence-corrected chi connectivity index (χ4v) is 1.20. The monoisotopic (exact) mass is 161 g/mol. The average molecular weight is 161 g/mol. The Morgan fingerprint density at radius 2 is 2.67 bits per heavy atom. The second-order valence-electron chi connectivity index (χ2n) is 1.36. The van der Waals surface area contributed by atoms with Gasteiger partial charge < -0.3 is 0 Å². The van der Waals surface area contributed by atoms with Crippen LogP contribution in [-0.2, 0) is 0 Å². The number of aromatic nitrogens is 3. The van der Waals surface area contributed by atoms with Crippen LogP contribution in [0.3, 0.4) is 0 Å². The van der Waals surface area contributed by atoms with Crippen LogP contribution in [0.15, 0.2) is 11.5 Å². The zero-order valence-electron chi connectivity index (χ0n) is 4.74. The smallest absolute Gasteiger partial charge is 0.183 e. The Morgan fingerprint density at radius 1 is 1.78 bits per heavy atom. The van der Waals surface area contributed by atoms with E-state index in [1.54, 1.807) is 11.8 Å². The molecule has 0 spiro atoms. The minimum atomic E-state index is 0.865. The van der Waals surface area contributed by atoms with Gasteiger partial charge in [0.05, 0.1) is 0 Å². The second-order valence-corrected chi connectivity index (χ2v) is 2.89. The van der Waals surface area contributed by atoms with Gasteiger partial charge in [-0.05, 0) is 5.75 Å². The predicted molar refractivity (Wildman–Crippen MR) is 41.0 cm³/mol. The molecular formula is C4H7N3S2.